The van der Waals surface area contributed by atoms with Crippen molar-refractivity contribution in [1.29, 1.82) is 0 Å². The zero-order chi connectivity index (χ0) is 14.0. The zero-order valence-electron chi connectivity index (χ0n) is 10.8. The third-order valence-electron chi connectivity index (χ3n) is 3.05. The van der Waals surface area contributed by atoms with Gasteiger partial charge >= 0.3 is 0 Å². The largest absolute Gasteiger partial charge is 0.388 e. The molecule has 2 aromatic rings. The van der Waals surface area contributed by atoms with Gasteiger partial charge in [0.05, 0.1) is 27.5 Å². The van der Waals surface area contributed by atoms with Crippen molar-refractivity contribution in [2.75, 3.05) is 0 Å². The van der Waals surface area contributed by atoms with E-state index in [2.05, 4.69) is 10.1 Å². The Morgan fingerprint density at radius 1 is 1.42 bits per heavy atom. The minimum Gasteiger partial charge on any atom is -0.388 e. The Morgan fingerprint density at radius 2 is 2.16 bits per heavy atom. The van der Waals surface area contributed by atoms with E-state index in [0.717, 1.165) is 17.8 Å². The molecule has 6 heteroatoms. The molecule has 0 aromatic carbocycles. The van der Waals surface area contributed by atoms with Gasteiger partial charge in [-0.15, -0.1) is 0 Å². The second-order valence-electron chi connectivity index (χ2n) is 4.30. The molecule has 0 aliphatic rings. The summed E-state index contributed by atoms with van der Waals surface area (Å²) in [6.07, 6.45) is 3.52. The third-order valence-corrected chi connectivity index (χ3v) is 3.80. The van der Waals surface area contributed by atoms with Crippen molar-refractivity contribution in [2.24, 2.45) is 7.05 Å². The molecule has 0 radical (unpaired) electrons. The Balaban J connectivity index is 2.27. The van der Waals surface area contributed by atoms with Gasteiger partial charge in [-0.25, -0.2) is 0 Å². The lowest BCUT2D eigenvalue weighted by molar-refractivity contribution is 0.176. The van der Waals surface area contributed by atoms with Crippen molar-refractivity contribution in [1.82, 2.24) is 14.8 Å². The van der Waals surface area contributed by atoms with Gasteiger partial charge in [-0.3, -0.25) is 9.67 Å². The number of nitrogens with zero attached hydrogens (tertiary/aromatic N) is 3. The van der Waals surface area contributed by atoms with Crippen LogP contribution in [0.5, 0.6) is 0 Å². The topological polar surface area (TPSA) is 50.9 Å². The predicted octanol–water partition coefficient (Wildman–Crippen LogP) is 2.96. The summed E-state index contributed by atoms with van der Waals surface area (Å²) >= 11 is 12.3. The van der Waals surface area contributed by atoms with Crippen LogP contribution in [0.25, 0.3) is 0 Å². The van der Waals surface area contributed by atoms with Crippen molar-refractivity contribution in [3.8, 4) is 0 Å². The van der Waals surface area contributed by atoms with Crippen LogP contribution in [-0.4, -0.2) is 19.9 Å². The summed E-state index contributed by atoms with van der Waals surface area (Å²) in [5.74, 6) is 0. The first-order valence-corrected chi connectivity index (χ1v) is 6.77. The van der Waals surface area contributed by atoms with Crippen molar-refractivity contribution in [2.45, 2.75) is 25.9 Å². The lowest BCUT2D eigenvalue weighted by atomic mass is 10.1. The zero-order valence-corrected chi connectivity index (χ0v) is 12.3. The number of aromatic nitrogens is 3. The van der Waals surface area contributed by atoms with Crippen LogP contribution in [0.3, 0.4) is 0 Å². The Morgan fingerprint density at radius 3 is 2.74 bits per heavy atom. The molecule has 1 unspecified atom stereocenters. The monoisotopic (exact) mass is 299 g/mol. The fraction of sp³-hybridized carbons (Fsp3) is 0.385. The van der Waals surface area contributed by atoms with Crippen molar-refractivity contribution < 1.29 is 5.11 Å². The van der Waals surface area contributed by atoms with Crippen molar-refractivity contribution in [3.05, 3.63) is 45.5 Å². The first-order valence-electron chi connectivity index (χ1n) is 6.02. The van der Waals surface area contributed by atoms with Crippen LogP contribution >= 0.6 is 23.2 Å². The van der Waals surface area contributed by atoms with Crippen molar-refractivity contribution in [3.63, 3.8) is 0 Å². The minimum absolute atomic E-state index is 0.367. The molecule has 4 nitrogen and oxygen atoms in total. The molecule has 2 heterocycles. The fourth-order valence-electron chi connectivity index (χ4n) is 1.99. The van der Waals surface area contributed by atoms with Gasteiger partial charge in [0.25, 0.3) is 0 Å². The molecular formula is C13H15Cl2N3O. The molecule has 0 saturated heterocycles. The highest BCUT2D eigenvalue weighted by atomic mass is 35.5. The highest BCUT2D eigenvalue weighted by molar-refractivity contribution is 6.32. The van der Waals surface area contributed by atoms with E-state index in [0.29, 0.717) is 22.0 Å². The maximum absolute atomic E-state index is 10.3. The highest BCUT2D eigenvalue weighted by Crippen LogP contribution is 2.28. The van der Waals surface area contributed by atoms with Crippen LogP contribution in [0, 0.1) is 0 Å². The number of hydrogen-bond donors (Lipinski definition) is 1. The third kappa shape index (κ3) is 2.91. The fourth-order valence-corrected chi connectivity index (χ4v) is 2.61. The van der Waals surface area contributed by atoms with Crippen LogP contribution < -0.4 is 0 Å². The summed E-state index contributed by atoms with van der Waals surface area (Å²) in [5, 5.41) is 15.7. The summed E-state index contributed by atoms with van der Waals surface area (Å²) in [6, 6.07) is 1.71. The average Bonchev–Trinajstić information content (AvgIpc) is 2.66. The average molecular weight is 300 g/mol. The number of aliphatic hydroxyl groups excluding tert-OH is 1. The quantitative estimate of drug-likeness (QED) is 0.944. The van der Waals surface area contributed by atoms with Gasteiger partial charge in [-0.1, -0.05) is 30.1 Å². The van der Waals surface area contributed by atoms with Gasteiger partial charge < -0.3 is 5.11 Å². The smallest absolute Gasteiger partial charge is 0.0861 e. The van der Waals surface area contributed by atoms with Gasteiger partial charge in [-0.2, -0.15) is 5.10 Å². The molecule has 102 valence electrons. The molecule has 1 atom stereocenters. The minimum atomic E-state index is -0.729. The predicted molar refractivity (Wildman–Crippen MR) is 75.5 cm³/mol. The molecule has 0 aliphatic heterocycles. The van der Waals surface area contributed by atoms with Crippen LogP contribution in [0.1, 0.15) is 30.0 Å². The van der Waals surface area contributed by atoms with Crippen LogP contribution in [0.2, 0.25) is 10.0 Å². The number of aryl methyl sites for hydroxylation is 2. The SMILES string of the molecule is CCc1nn(C)c(CC(O)c2ccncc2Cl)c1Cl. The Hall–Kier alpha value is -1.10. The lowest BCUT2D eigenvalue weighted by Gasteiger charge is -2.12. The van der Waals surface area contributed by atoms with Gasteiger partial charge in [0.1, 0.15) is 0 Å². The molecule has 0 amide bonds. The number of rotatable bonds is 4. The van der Waals surface area contributed by atoms with Gasteiger partial charge in [0.15, 0.2) is 0 Å². The van der Waals surface area contributed by atoms with Crippen molar-refractivity contribution >= 4 is 23.2 Å². The summed E-state index contributed by atoms with van der Waals surface area (Å²) in [7, 11) is 1.82. The molecule has 0 saturated carbocycles. The highest BCUT2D eigenvalue weighted by Gasteiger charge is 2.19. The van der Waals surface area contributed by atoms with Crippen LogP contribution in [0.4, 0.5) is 0 Å². The molecule has 2 rings (SSSR count). The maximum atomic E-state index is 10.3. The molecule has 19 heavy (non-hydrogen) atoms. The van der Waals surface area contributed by atoms with E-state index in [-0.39, 0.29) is 0 Å². The first kappa shape index (κ1) is 14.3. The summed E-state index contributed by atoms with van der Waals surface area (Å²) in [5.41, 5.74) is 2.29. The van der Waals surface area contributed by atoms with Gasteiger partial charge in [0, 0.05) is 31.4 Å². The van der Waals surface area contributed by atoms with E-state index in [4.69, 9.17) is 23.2 Å². The van der Waals surface area contributed by atoms with Crippen LogP contribution in [0.15, 0.2) is 18.5 Å². The number of halogens is 2. The molecule has 0 fully saturated rings. The number of hydrogen-bond acceptors (Lipinski definition) is 3. The lowest BCUT2D eigenvalue weighted by Crippen LogP contribution is -2.07. The van der Waals surface area contributed by atoms with E-state index in [9.17, 15) is 5.11 Å². The molecular weight excluding hydrogens is 285 g/mol. The molecule has 0 aliphatic carbocycles. The Labute approximate surface area is 122 Å². The number of pyridine rings is 1. The Bertz CT molecular complexity index is 583. The van der Waals surface area contributed by atoms with E-state index < -0.39 is 6.10 Å². The van der Waals surface area contributed by atoms with Crippen LogP contribution in [-0.2, 0) is 19.9 Å². The molecule has 0 spiro atoms. The Kier molecular flexibility index (Phi) is 4.45. The van der Waals surface area contributed by atoms with E-state index in [1.165, 1.54) is 6.20 Å². The molecule has 2 aromatic heterocycles. The number of aliphatic hydroxyl groups is 1. The molecule has 0 bridgehead atoms. The molecule has 1 N–H and O–H groups in total. The second-order valence-corrected chi connectivity index (χ2v) is 5.09. The summed E-state index contributed by atoms with van der Waals surface area (Å²) in [4.78, 5) is 3.90. The van der Waals surface area contributed by atoms with Gasteiger partial charge in [0.2, 0.25) is 0 Å². The van der Waals surface area contributed by atoms with E-state index in [1.54, 1.807) is 16.9 Å². The summed E-state index contributed by atoms with van der Waals surface area (Å²) < 4.78 is 1.71. The van der Waals surface area contributed by atoms with E-state index >= 15 is 0 Å². The summed E-state index contributed by atoms with van der Waals surface area (Å²) in [6.45, 7) is 1.99. The van der Waals surface area contributed by atoms with Gasteiger partial charge in [-0.05, 0) is 12.5 Å². The normalized spacial score (nSPS) is 12.7. The standard InChI is InChI=1S/C13H15Cl2N3O/c1-3-10-13(15)11(18(2)17-10)6-12(19)8-4-5-16-7-9(8)14/h4-5,7,12,19H,3,6H2,1-2H3. The first-order chi connectivity index (χ1) is 9.04. The van der Waals surface area contributed by atoms with E-state index in [1.807, 2.05) is 14.0 Å². The second kappa shape index (κ2) is 5.90. The maximum Gasteiger partial charge on any atom is 0.0861 e.